The molecule has 1 amide bonds. The van der Waals surface area contributed by atoms with Gasteiger partial charge in [-0.3, -0.25) is 19.2 Å². The highest BCUT2D eigenvalue weighted by Crippen LogP contribution is 2.64. The molecule has 3 aromatic carbocycles. The molecule has 2 saturated carbocycles. The second-order valence-electron chi connectivity index (χ2n) is 17.6. The summed E-state index contributed by atoms with van der Waals surface area (Å²) in [6, 6.07) is 16.9. The number of carbonyl (C=O) groups excluding carboxylic acids is 6. The number of halogens is 2. The van der Waals surface area contributed by atoms with Gasteiger partial charge in [-0.15, -0.1) is 0 Å². The number of benzene rings is 3. The molecule has 1 aliphatic heterocycles. The summed E-state index contributed by atoms with van der Waals surface area (Å²) < 4.78 is 58.6. The zero-order valence-electron chi connectivity index (χ0n) is 35.8. The fourth-order valence-corrected chi connectivity index (χ4v) is 10.2. The molecule has 11 atom stereocenters. The van der Waals surface area contributed by atoms with Gasteiger partial charge in [-0.2, -0.15) is 0 Å². The molecule has 15 nitrogen and oxygen atoms in total. The first kappa shape index (κ1) is 46.1. The Morgan fingerprint density at radius 3 is 2.08 bits per heavy atom. The molecular weight excluding hydrogens is 841 g/mol. The highest BCUT2D eigenvalue weighted by Gasteiger charge is 2.78. The van der Waals surface area contributed by atoms with Gasteiger partial charge < -0.3 is 44.3 Å². The summed E-state index contributed by atoms with van der Waals surface area (Å²) in [5.41, 5.74) is -8.50. The molecule has 4 aliphatic rings. The van der Waals surface area contributed by atoms with E-state index in [1.807, 2.05) is 0 Å². The molecule has 0 aromatic heterocycles. The Kier molecular flexibility index (Phi) is 12.2. The molecule has 7 rings (SSSR count). The normalized spacial score (nSPS) is 31.3. The minimum Gasteiger partial charge on any atom is -0.456 e. The van der Waals surface area contributed by atoms with Crippen molar-refractivity contribution in [3.05, 3.63) is 118 Å². The topological polar surface area (TPSA) is 221 Å². The number of ketones is 1. The van der Waals surface area contributed by atoms with Crippen molar-refractivity contribution in [2.45, 2.75) is 108 Å². The summed E-state index contributed by atoms with van der Waals surface area (Å²) in [7, 11) is 0. The molecule has 2 bridgehead atoms. The average molecular weight is 890 g/mol. The maximum absolute atomic E-state index is 15.5. The maximum atomic E-state index is 15.5. The fourth-order valence-electron chi connectivity index (χ4n) is 10.2. The van der Waals surface area contributed by atoms with Gasteiger partial charge in [-0.05, 0) is 60.9 Å². The van der Waals surface area contributed by atoms with E-state index in [-0.39, 0.29) is 23.1 Å². The van der Waals surface area contributed by atoms with E-state index in [9.17, 15) is 48.1 Å². The molecule has 0 unspecified atom stereocenters. The van der Waals surface area contributed by atoms with Gasteiger partial charge in [0.25, 0.3) is 5.91 Å². The van der Waals surface area contributed by atoms with Gasteiger partial charge >= 0.3 is 23.9 Å². The Hall–Kier alpha value is -5.88. The molecule has 0 spiro atoms. The van der Waals surface area contributed by atoms with Crippen molar-refractivity contribution < 1.29 is 76.6 Å². The number of aliphatic hydroxyl groups is 3. The smallest absolute Gasteiger partial charge is 0.338 e. The zero-order valence-corrected chi connectivity index (χ0v) is 35.8. The summed E-state index contributed by atoms with van der Waals surface area (Å²) >= 11 is 0. The Morgan fingerprint density at radius 2 is 1.50 bits per heavy atom. The van der Waals surface area contributed by atoms with Crippen LogP contribution in [0.15, 0.2) is 90.0 Å². The second kappa shape index (κ2) is 16.9. The largest absolute Gasteiger partial charge is 0.456 e. The van der Waals surface area contributed by atoms with Crippen LogP contribution in [0, 0.1) is 28.4 Å². The monoisotopic (exact) mass is 889 g/mol. The first-order valence-electron chi connectivity index (χ1n) is 20.7. The molecule has 0 radical (unpaired) electrons. The Balaban J connectivity index is 1.40. The molecule has 64 heavy (non-hydrogen) atoms. The van der Waals surface area contributed by atoms with E-state index in [1.54, 1.807) is 48.5 Å². The van der Waals surface area contributed by atoms with E-state index in [0.717, 1.165) is 19.9 Å². The van der Waals surface area contributed by atoms with Crippen molar-refractivity contribution in [1.82, 2.24) is 5.32 Å². The van der Waals surface area contributed by atoms with Gasteiger partial charge in [0.15, 0.2) is 35.2 Å². The first-order chi connectivity index (χ1) is 30.1. The number of nitrogens with one attached hydrogen (secondary N) is 1. The number of carbonyl (C=O) groups is 6. The third kappa shape index (κ3) is 7.57. The number of fused-ring (bicyclic) bond motifs is 5. The summed E-state index contributed by atoms with van der Waals surface area (Å²) in [4.78, 5) is 83.4. The van der Waals surface area contributed by atoms with Gasteiger partial charge in [0.1, 0.15) is 23.9 Å². The lowest BCUT2D eigenvalue weighted by Crippen LogP contribution is -2.82. The summed E-state index contributed by atoms with van der Waals surface area (Å²) in [5, 5.41) is 40.1. The standard InChI is InChI=1S/C47H49F2NO14/c1-23-31(62-43(58)36(54)35(26-13-9-7-10-14-26)50-41(56)27-15-11-8-12-16-27)21-47(59)40(63-42(57)28-17-18-29(48)30(49)19-28)38-45(6,32(53)20-33-46(38,22-60-33)64-25(3)52)39(55)37(61-24(2)51)34(23)44(47,4)5/h7-19,31-33,35-38,40,53-54,59H,20-22H2,1-6H3,(H,50,56)/t31-,32-,33+,35-,36+,37+,38-,40-,45+,46-,47+/m0/s1. The number of rotatable bonds is 10. The number of Topliss-reactive ketones (excluding diaryl/α,β-unsaturated/α-hetero) is 1. The SMILES string of the molecule is CC(=O)O[C@H]1C(=O)[C@@]2(C)[C@H]([C@H](OC(=O)c3ccc(F)c(F)c3)[C@]3(O)C[C@H](OC(=O)[C@H](O)[C@@H](NC(=O)c4ccccc4)c4ccccc4)C(C)=C1C3(C)C)[C@]1(OC(C)=O)CO[C@@H]1C[C@@H]2O. The molecule has 4 N–H and O–H groups in total. The lowest BCUT2D eigenvalue weighted by atomic mass is 9.44. The Morgan fingerprint density at radius 1 is 0.859 bits per heavy atom. The summed E-state index contributed by atoms with van der Waals surface area (Å²) in [6.45, 7) is 7.36. The number of amides is 1. The number of hydrogen-bond acceptors (Lipinski definition) is 14. The van der Waals surface area contributed by atoms with Crippen LogP contribution in [0.25, 0.3) is 0 Å². The molecule has 3 aliphatic carbocycles. The van der Waals surface area contributed by atoms with Crippen molar-refractivity contribution in [2.75, 3.05) is 6.61 Å². The van der Waals surface area contributed by atoms with E-state index < -0.39 is 136 Å². The predicted octanol–water partition coefficient (Wildman–Crippen LogP) is 4.01. The van der Waals surface area contributed by atoms with Crippen LogP contribution in [-0.2, 0) is 42.9 Å². The first-order valence-corrected chi connectivity index (χ1v) is 20.7. The summed E-state index contributed by atoms with van der Waals surface area (Å²) in [6.07, 6.45) is -11.5. The molecule has 1 heterocycles. The average Bonchev–Trinajstić information content (AvgIpc) is 3.24. The van der Waals surface area contributed by atoms with E-state index in [2.05, 4.69) is 5.32 Å². The number of aliphatic hydroxyl groups excluding tert-OH is 2. The molecular formula is C47H49F2NO14. The quantitative estimate of drug-likeness (QED) is 0.128. The second-order valence-corrected chi connectivity index (χ2v) is 17.6. The summed E-state index contributed by atoms with van der Waals surface area (Å²) in [5.74, 6) is -10.5. The fraction of sp³-hybridized carbons (Fsp3) is 0.447. The van der Waals surface area contributed by atoms with Crippen LogP contribution in [0.4, 0.5) is 8.78 Å². The van der Waals surface area contributed by atoms with E-state index in [4.69, 9.17) is 23.7 Å². The minimum atomic E-state index is -2.57. The van der Waals surface area contributed by atoms with Crippen LogP contribution in [0.5, 0.6) is 0 Å². The van der Waals surface area contributed by atoms with Crippen LogP contribution in [-0.4, -0.2) is 105 Å². The minimum absolute atomic E-state index is 0.0805. The Labute approximate surface area is 366 Å². The number of esters is 4. The van der Waals surface area contributed by atoms with Crippen LogP contribution in [0.3, 0.4) is 0 Å². The predicted molar refractivity (Wildman–Crippen MR) is 218 cm³/mol. The number of hydrogen-bond donors (Lipinski definition) is 4. The molecule has 3 fully saturated rings. The van der Waals surface area contributed by atoms with Gasteiger partial charge in [-0.25, -0.2) is 18.4 Å². The van der Waals surface area contributed by atoms with Gasteiger partial charge in [0, 0.05) is 37.7 Å². The van der Waals surface area contributed by atoms with Crippen molar-refractivity contribution in [1.29, 1.82) is 0 Å². The van der Waals surface area contributed by atoms with Gasteiger partial charge in [0.05, 0.1) is 35.6 Å². The van der Waals surface area contributed by atoms with Crippen LogP contribution < -0.4 is 5.32 Å². The molecule has 1 saturated heterocycles. The lowest BCUT2D eigenvalue weighted by Gasteiger charge is -2.67. The van der Waals surface area contributed by atoms with Crippen molar-refractivity contribution in [3.8, 4) is 0 Å². The highest BCUT2D eigenvalue weighted by atomic mass is 19.2. The van der Waals surface area contributed by atoms with Crippen molar-refractivity contribution in [3.63, 3.8) is 0 Å². The van der Waals surface area contributed by atoms with Crippen LogP contribution in [0.2, 0.25) is 0 Å². The van der Waals surface area contributed by atoms with Crippen LogP contribution >= 0.6 is 0 Å². The highest BCUT2D eigenvalue weighted by molar-refractivity contribution is 5.96. The van der Waals surface area contributed by atoms with E-state index in [0.29, 0.717) is 17.7 Å². The third-order valence-electron chi connectivity index (χ3n) is 13.6. The Bertz CT molecular complexity index is 2410. The molecule has 3 aromatic rings. The lowest BCUT2D eigenvalue weighted by molar-refractivity contribution is -0.346. The van der Waals surface area contributed by atoms with Gasteiger partial charge in [0.2, 0.25) is 0 Å². The number of ether oxygens (including phenoxy) is 5. The maximum Gasteiger partial charge on any atom is 0.338 e. The van der Waals surface area contributed by atoms with Crippen molar-refractivity contribution >= 4 is 35.6 Å². The van der Waals surface area contributed by atoms with E-state index in [1.165, 1.54) is 39.8 Å². The zero-order chi connectivity index (χ0) is 46.7. The van der Waals surface area contributed by atoms with Crippen molar-refractivity contribution in [2.24, 2.45) is 16.7 Å². The van der Waals surface area contributed by atoms with Crippen LogP contribution in [0.1, 0.15) is 86.7 Å². The van der Waals surface area contributed by atoms with Gasteiger partial charge in [-0.1, -0.05) is 62.4 Å². The molecule has 17 heteroatoms. The van der Waals surface area contributed by atoms with E-state index >= 15 is 4.79 Å². The third-order valence-corrected chi connectivity index (χ3v) is 13.6. The molecule has 340 valence electrons.